The third kappa shape index (κ3) is 6.57. The van der Waals surface area contributed by atoms with Crippen LogP contribution in [0.2, 0.25) is 0 Å². The summed E-state index contributed by atoms with van der Waals surface area (Å²) in [4.78, 5) is 40.0. The first-order chi connectivity index (χ1) is 17.2. The van der Waals surface area contributed by atoms with E-state index in [0.29, 0.717) is 12.5 Å². The highest BCUT2D eigenvalue weighted by atomic mass is 16.7. The first-order valence-corrected chi connectivity index (χ1v) is 13.8. The Kier molecular flexibility index (Phi) is 8.88. The van der Waals surface area contributed by atoms with Crippen LogP contribution in [0.15, 0.2) is 10.9 Å². The van der Waals surface area contributed by atoms with Gasteiger partial charge in [-0.05, 0) is 76.8 Å². The van der Waals surface area contributed by atoms with Gasteiger partial charge in [0.2, 0.25) is 0 Å². The summed E-state index contributed by atoms with van der Waals surface area (Å²) in [5.41, 5.74) is 0.757. The highest BCUT2D eigenvalue weighted by molar-refractivity contribution is 5.97. The summed E-state index contributed by atoms with van der Waals surface area (Å²) in [6, 6.07) is 1.78. The molecule has 1 saturated heterocycles. The molecule has 0 radical (unpaired) electrons. The fraction of sp³-hybridized carbons (Fsp3) is 0.750. The second-order valence-electron chi connectivity index (χ2n) is 11.2. The number of hydrogen-bond donors (Lipinski definition) is 1. The SMILES string of the molecule is CC(C)(NC(=O)c1cc2c(n(CC3CCCCC3)c1=O)CCCCCC2)C(=O)O[C@H]1CO[C@H](C)OC1. The molecule has 8 nitrogen and oxygen atoms in total. The van der Waals surface area contributed by atoms with Gasteiger partial charge in [0.25, 0.3) is 11.5 Å². The lowest BCUT2D eigenvalue weighted by Crippen LogP contribution is -2.53. The fourth-order valence-electron chi connectivity index (χ4n) is 5.57. The van der Waals surface area contributed by atoms with Crippen LogP contribution in [0, 0.1) is 5.92 Å². The van der Waals surface area contributed by atoms with Crippen LogP contribution >= 0.6 is 0 Å². The largest absolute Gasteiger partial charge is 0.456 e. The van der Waals surface area contributed by atoms with E-state index in [1.54, 1.807) is 26.8 Å². The van der Waals surface area contributed by atoms with Crippen molar-refractivity contribution in [2.75, 3.05) is 13.2 Å². The second kappa shape index (κ2) is 11.9. The smallest absolute Gasteiger partial charge is 0.331 e. The van der Waals surface area contributed by atoms with E-state index >= 15 is 0 Å². The summed E-state index contributed by atoms with van der Waals surface area (Å²) in [7, 11) is 0. The number of pyridine rings is 1. The zero-order chi connectivity index (χ0) is 25.7. The van der Waals surface area contributed by atoms with Crippen LogP contribution in [0.25, 0.3) is 0 Å². The molecule has 1 aliphatic heterocycles. The Balaban J connectivity index is 1.55. The molecule has 0 bridgehead atoms. The molecule has 0 spiro atoms. The summed E-state index contributed by atoms with van der Waals surface area (Å²) in [6.45, 7) is 6.13. The topological polar surface area (TPSA) is 95.9 Å². The molecular formula is C28H42N2O6. The molecule has 2 heterocycles. The summed E-state index contributed by atoms with van der Waals surface area (Å²) >= 11 is 0. The number of aromatic nitrogens is 1. The van der Waals surface area contributed by atoms with Gasteiger partial charge in [-0.25, -0.2) is 4.79 Å². The number of hydrogen-bond acceptors (Lipinski definition) is 6. The number of amides is 1. The minimum absolute atomic E-state index is 0.115. The van der Waals surface area contributed by atoms with E-state index < -0.39 is 23.5 Å². The Hall–Kier alpha value is -2.19. The summed E-state index contributed by atoms with van der Waals surface area (Å²) < 4.78 is 18.2. The van der Waals surface area contributed by atoms with Gasteiger partial charge in [0.05, 0.1) is 13.2 Å². The van der Waals surface area contributed by atoms with E-state index in [4.69, 9.17) is 14.2 Å². The van der Waals surface area contributed by atoms with Gasteiger partial charge in [-0.15, -0.1) is 0 Å². The number of fused-ring (bicyclic) bond motifs is 1. The molecule has 1 amide bonds. The van der Waals surface area contributed by atoms with Gasteiger partial charge in [-0.1, -0.05) is 32.1 Å². The van der Waals surface area contributed by atoms with Crippen molar-refractivity contribution in [2.24, 2.45) is 5.92 Å². The van der Waals surface area contributed by atoms with Crippen LogP contribution < -0.4 is 10.9 Å². The maximum Gasteiger partial charge on any atom is 0.331 e. The van der Waals surface area contributed by atoms with Crippen molar-refractivity contribution in [3.05, 3.63) is 33.2 Å². The molecule has 2 fully saturated rings. The van der Waals surface area contributed by atoms with Crippen molar-refractivity contribution in [3.63, 3.8) is 0 Å². The van der Waals surface area contributed by atoms with Crippen molar-refractivity contribution in [2.45, 2.75) is 116 Å². The predicted octanol–water partition coefficient (Wildman–Crippen LogP) is 3.90. The minimum Gasteiger partial charge on any atom is -0.456 e. The zero-order valence-electron chi connectivity index (χ0n) is 22.1. The standard InChI is InChI=1S/C28H42N2O6/c1-19-34-17-22(18-35-19)36-27(33)28(2,3)29-25(31)23-15-21-13-9-4-5-10-14-24(21)30(26(23)32)16-20-11-7-6-8-12-20/h15,19-20,22H,4-14,16-18H2,1-3H3,(H,29,31)/t19-,22-. The average Bonchev–Trinajstić information content (AvgIpc) is 2.83. The quantitative estimate of drug-likeness (QED) is 0.593. The van der Waals surface area contributed by atoms with Crippen molar-refractivity contribution < 1.29 is 23.8 Å². The molecule has 36 heavy (non-hydrogen) atoms. The number of esters is 1. The van der Waals surface area contributed by atoms with Gasteiger partial charge in [0.1, 0.15) is 17.2 Å². The monoisotopic (exact) mass is 502 g/mol. The van der Waals surface area contributed by atoms with Gasteiger partial charge < -0.3 is 24.1 Å². The van der Waals surface area contributed by atoms with Crippen LogP contribution in [0.4, 0.5) is 0 Å². The Labute approximate surface area is 214 Å². The van der Waals surface area contributed by atoms with Crippen LogP contribution in [-0.2, 0) is 38.4 Å². The molecule has 0 unspecified atom stereocenters. The third-order valence-corrected chi connectivity index (χ3v) is 7.75. The van der Waals surface area contributed by atoms with Crippen LogP contribution in [0.1, 0.15) is 100 Å². The number of carbonyl (C=O) groups excluding carboxylic acids is 2. The van der Waals surface area contributed by atoms with Gasteiger partial charge in [0, 0.05) is 12.2 Å². The van der Waals surface area contributed by atoms with Crippen LogP contribution in [-0.4, -0.2) is 47.6 Å². The Morgan fingerprint density at radius 1 is 1.03 bits per heavy atom. The molecule has 3 aliphatic rings. The number of ether oxygens (including phenoxy) is 3. The number of rotatable bonds is 6. The minimum atomic E-state index is -1.31. The molecule has 1 N–H and O–H groups in total. The molecule has 2 aliphatic carbocycles. The summed E-state index contributed by atoms with van der Waals surface area (Å²) in [6.07, 6.45) is 11.3. The van der Waals surface area contributed by atoms with Gasteiger partial charge in [-0.2, -0.15) is 0 Å². The molecule has 1 saturated carbocycles. The number of carbonyl (C=O) groups is 2. The normalized spacial score (nSPS) is 23.8. The van der Waals surface area contributed by atoms with E-state index in [0.717, 1.165) is 56.2 Å². The van der Waals surface area contributed by atoms with Gasteiger partial charge >= 0.3 is 5.97 Å². The Bertz CT molecular complexity index is 986. The Morgan fingerprint density at radius 3 is 2.36 bits per heavy atom. The Morgan fingerprint density at radius 2 is 1.67 bits per heavy atom. The van der Waals surface area contributed by atoms with E-state index in [1.165, 1.54) is 25.7 Å². The van der Waals surface area contributed by atoms with E-state index in [9.17, 15) is 14.4 Å². The molecule has 8 heteroatoms. The van der Waals surface area contributed by atoms with Crippen molar-refractivity contribution in [1.82, 2.24) is 9.88 Å². The third-order valence-electron chi connectivity index (χ3n) is 7.75. The number of nitrogens with zero attached hydrogens (tertiary/aromatic N) is 1. The molecular weight excluding hydrogens is 460 g/mol. The van der Waals surface area contributed by atoms with Gasteiger partial charge in [-0.3, -0.25) is 9.59 Å². The van der Waals surface area contributed by atoms with Crippen molar-refractivity contribution in [1.29, 1.82) is 0 Å². The van der Waals surface area contributed by atoms with Crippen molar-refractivity contribution >= 4 is 11.9 Å². The maximum atomic E-state index is 13.7. The van der Waals surface area contributed by atoms with Crippen LogP contribution in [0.3, 0.4) is 0 Å². The molecule has 4 rings (SSSR count). The van der Waals surface area contributed by atoms with E-state index in [1.807, 2.05) is 4.57 Å². The molecule has 1 aromatic heterocycles. The van der Waals surface area contributed by atoms with Gasteiger partial charge in [0.15, 0.2) is 6.29 Å². The summed E-state index contributed by atoms with van der Waals surface area (Å²) in [5, 5.41) is 2.77. The highest BCUT2D eigenvalue weighted by Crippen LogP contribution is 2.27. The predicted molar refractivity (Wildman–Crippen MR) is 136 cm³/mol. The molecule has 200 valence electrons. The maximum absolute atomic E-state index is 13.7. The lowest BCUT2D eigenvalue weighted by atomic mass is 9.88. The lowest BCUT2D eigenvalue weighted by molar-refractivity contribution is -0.220. The van der Waals surface area contributed by atoms with Crippen LogP contribution in [0.5, 0.6) is 0 Å². The van der Waals surface area contributed by atoms with Crippen molar-refractivity contribution in [3.8, 4) is 0 Å². The second-order valence-corrected chi connectivity index (χ2v) is 11.2. The fourth-order valence-corrected chi connectivity index (χ4v) is 5.57. The van der Waals surface area contributed by atoms with E-state index in [-0.39, 0.29) is 30.6 Å². The average molecular weight is 503 g/mol. The van der Waals surface area contributed by atoms with E-state index in [2.05, 4.69) is 5.32 Å². The first-order valence-electron chi connectivity index (χ1n) is 13.8. The highest BCUT2D eigenvalue weighted by Gasteiger charge is 2.35. The summed E-state index contributed by atoms with van der Waals surface area (Å²) in [5.74, 6) is -0.649. The molecule has 0 aromatic carbocycles. The first kappa shape index (κ1) is 26.9. The lowest BCUT2D eigenvalue weighted by Gasteiger charge is -2.31. The number of aryl methyl sites for hydroxylation is 1. The molecule has 1 aromatic rings. The zero-order valence-corrected chi connectivity index (χ0v) is 22.1. The molecule has 0 atom stereocenters. The number of nitrogens with one attached hydrogen (secondary N) is 1.